The molecule has 1 aromatic carbocycles. The number of aryl methyl sites for hydroxylation is 1. The molecular weight excluding hydrogens is 478 g/mol. The maximum Gasteiger partial charge on any atom is 0.255 e. The van der Waals surface area contributed by atoms with E-state index in [4.69, 9.17) is 5.73 Å². The Kier molecular flexibility index (Phi) is 5.50. The molecule has 3 aliphatic rings. The minimum Gasteiger partial charge on any atom is -0.510 e. The van der Waals surface area contributed by atoms with E-state index in [1.165, 1.54) is 11.0 Å². The smallest absolute Gasteiger partial charge is 0.255 e. The summed E-state index contributed by atoms with van der Waals surface area (Å²) in [6.45, 7) is 1.90. The molecule has 1 amide bonds. The van der Waals surface area contributed by atoms with Crippen molar-refractivity contribution < 1.29 is 34.8 Å². The van der Waals surface area contributed by atoms with Gasteiger partial charge in [-0.3, -0.25) is 24.3 Å². The molecule has 0 fully saturated rings. The van der Waals surface area contributed by atoms with Crippen LogP contribution < -0.4 is 5.73 Å². The van der Waals surface area contributed by atoms with E-state index < -0.39 is 58.0 Å². The lowest BCUT2D eigenvalue weighted by atomic mass is 9.58. The van der Waals surface area contributed by atoms with Gasteiger partial charge in [-0.2, -0.15) is 0 Å². The summed E-state index contributed by atoms with van der Waals surface area (Å²) in [5.41, 5.74) is 4.36. The summed E-state index contributed by atoms with van der Waals surface area (Å²) in [6.07, 6.45) is 1.92. The molecule has 0 bridgehead atoms. The maximum absolute atomic E-state index is 13.8. The van der Waals surface area contributed by atoms with Gasteiger partial charge in [0, 0.05) is 23.3 Å². The molecule has 1 aromatic heterocycles. The molecule has 0 saturated heterocycles. The summed E-state index contributed by atoms with van der Waals surface area (Å²) in [6, 6.07) is 5.70. The Morgan fingerprint density at radius 3 is 2.43 bits per heavy atom. The number of aromatic hydroxyl groups is 1. The van der Waals surface area contributed by atoms with E-state index in [2.05, 4.69) is 4.98 Å². The van der Waals surface area contributed by atoms with Crippen LogP contribution in [0.25, 0.3) is 11.3 Å². The maximum atomic E-state index is 13.8. The number of pyridine rings is 1. The number of Topliss-reactive ketones (excluding diaryl/α,β-unsaturated/α-hetero) is 2. The first kappa shape index (κ1) is 24.7. The van der Waals surface area contributed by atoms with Crippen molar-refractivity contribution in [2.45, 2.75) is 31.4 Å². The van der Waals surface area contributed by atoms with Crippen molar-refractivity contribution in [3.8, 4) is 17.0 Å². The average Bonchev–Trinajstić information content (AvgIpc) is 2.82. The number of carbonyl (C=O) groups excluding carboxylic acids is 3. The van der Waals surface area contributed by atoms with Crippen molar-refractivity contribution >= 4 is 17.5 Å². The van der Waals surface area contributed by atoms with Gasteiger partial charge in [0.05, 0.1) is 17.3 Å². The summed E-state index contributed by atoms with van der Waals surface area (Å²) < 4.78 is 0. The first-order chi connectivity index (χ1) is 17.4. The van der Waals surface area contributed by atoms with Crippen LogP contribution in [0.4, 0.5) is 0 Å². The van der Waals surface area contributed by atoms with Crippen molar-refractivity contribution in [2.24, 2.45) is 17.6 Å². The first-order valence-corrected chi connectivity index (χ1v) is 11.8. The Morgan fingerprint density at radius 1 is 1.14 bits per heavy atom. The van der Waals surface area contributed by atoms with E-state index >= 15 is 0 Å². The number of primary amides is 1. The number of amides is 1. The summed E-state index contributed by atoms with van der Waals surface area (Å²) >= 11 is 0. The fourth-order valence-corrected chi connectivity index (χ4v) is 6.12. The van der Waals surface area contributed by atoms with E-state index in [9.17, 15) is 34.8 Å². The topological polar surface area (TPSA) is 174 Å². The average molecular weight is 506 g/mol. The van der Waals surface area contributed by atoms with Crippen LogP contribution in [-0.4, -0.2) is 73.5 Å². The second kappa shape index (κ2) is 8.25. The lowest BCUT2D eigenvalue weighted by Crippen LogP contribution is -2.63. The van der Waals surface area contributed by atoms with E-state index in [-0.39, 0.29) is 29.7 Å². The number of likely N-dealkylation sites (N-methyl/N-ethyl adjacent to an activating group) is 1. The number of rotatable bonds is 3. The van der Waals surface area contributed by atoms with Crippen LogP contribution in [0.1, 0.15) is 27.9 Å². The highest BCUT2D eigenvalue weighted by atomic mass is 16.3. The summed E-state index contributed by atoms with van der Waals surface area (Å²) in [5, 5.41) is 44.5. The minimum atomic E-state index is -2.66. The zero-order valence-corrected chi connectivity index (χ0v) is 20.5. The second-order valence-electron chi connectivity index (χ2n) is 10.2. The first-order valence-electron chi connectivity index (χ1n) is 11.8. The number of nitrogens with two attached hydrogens (primary N) is 1. The zero-order valence-electron chi connectivity index (χ0n) is 20.5. The number of hydrogen-bond donors (Lipinski definition) is 5. The number of nitrogens with zero attached hydrogens (tertiary/aromatic N) is 2. The van der Waals surface area contributed by atoms with Crippen molar-refractivity contribution in [2.75, 3.05) is 14.1 Å². The van der Waals surface area contributed by atoms with Gasteiger partial charge in [-0.15, -0.1) is 0 Å². The number of ketones is 2. The van der Waals surface area contributed by atoms with Gasteiger partial charge in [-0.1, -0.05) is 6.07 Å². The van der Waals surface area contributed by atoms with E-state index in [0.29, 0.717) is 16.8 Å². The van der Waals surface area contributed by atoms with Crippen LogP contribution in [0.15, 0.2) is 53.1 Å². The van der Waals surface area contributed by atoms with Crippen molar-refractivity contribution in [1.82, 2.24) is 9.88 Å². The Bertz CT molecular complexity index is 1440. The predicted molar refractivity (Wildman–Crippen MR) is 132 cm³/mol. The molecule has 5 rings (SSSR count). The largest absolute Gasteiger partial charge is 0.510 e. The van der Waals surface area contributed by atoms with E-state index in [0.717, 1.165) is 5.56 Å². The third kappa shape index (κ3) is 3.32. The predicted octanol–water partition coefficient (Wildman–Crippen LogP) is 1.49. The lowest BCUT2D eigenvalue weighted by molar-refractivity contribution is -0.148. The normalized spacial score (nSPS) is 27.2. The molecule has 0 radical (unpaired) electrons. The number of benzene rings is 1. The van der Waals surface area contributed by atoms with Crippen LogP contribution in [-0.2, 0) is 16.0 Å². The lowest BCUT2D eigenvalue weighted by Gasteiger charge is -2.50. The van der Waals surface area contributed by atoms with Gasteiger partial charge in [0.25, 0.3) is 5.91 Å². The van der Waals surface area contributed by atoms with Crippen molar-refractivity contribution in [1.29, 1.82) is 0 Å². The van der Waals surface area contributed by atoms with Crippen LogP contribution >= 0.6 is 0 Å². The molecule has 10 nitrogen and oxygen atoms in total. The molecule has 37 heavy (non-hydrogen) atoms. The van der Waals surface area contributed by atoms with Gasteiger partial charge in [-0.05, 0) is 69.1 Å². The van der Waals surface area contributed by atoms with Gasteiger partial charge in [0.15, 0.2) is 11.4 Å². The number of carbonyl (C=O) groups is 3. The van der Waals surface area contributed by atoms with Gasteiger partial charge >= 0.3 is 0 Å². The Hall–Kier alpha value is -4.02. The Balaban J connectivity index is 1.72. The highest BCUT2D eigenvalue weighted by Crippen LogP contribution is 2.53. The molecule has 10 heteroatoms. The summed E-state index contributed by atoms with van der Waals surface area (Å²) in [5.74, 6) is -6.74. The number of allylic oxidation sites excluding steroid dienone is 1. The van der Waals surface area contributed by atoms with E-state index in [1.807, 2.05) is 19.1 Å². The fourth-order valence-electron chi connectivity index (χ4n) is 6.12. The van der Waals surface area contributed by atoms with Crippen molar-refractivity contribution in [3.63, 3.8) is 0 Å². The molecule has 2 aromatic rings. The molecule has 1 heterocycles. The molecule has 192 valence electrons. The van der Waals surface area contributed by atoms with Crippen LogP contribution in [0.2, 0.25) is 0 Å². The second-order valence-corrected chi connectivity index (χ2v) is 10.2. The molecule has 4 atom stereocenters. The van der Waals surface area contributed by atoms with Crippen LogP contribution in [0.3, 0.4) is 0 Å². The number of aromatic nitrogens is 1. The number of aliphatic hydroxyl groups excluding tert-OH is 2. The molecule has 0 unspecified atom stereocenters. The molecule has 0 spiro atoms. The summed E-state index contributed by atoms with van der Waals surface area (Å²) in [4.78, 5) is 45.1. The molecular formula is C27H27N3O7. The van der Waals surface area contributed by atoms with Crippen LogP contribution in [0, 0.1) is 18.8 Å². The standard InChI is InChI=1S/C27H27N3O7/c1-11-4-6-16(29-10-11)13-5-7-17(31)19-14(13)8-12-9-15-21(30(2)3)23(33)20(26(28)36)25(35)27(15,37)24(34)18(12)22(19)32/h4-7,10,12,15,21,31,33-34,37H,8-9H2,1-3H3,(H2,28,36)/t12-,15-,21-,27-/m0/s1. The molecule has 3 aliphatic carbocycles. The van der Waals surface area contributed by atoms with Gasteiger partial charge in [0.2, 0.25) is 5.78 Å². The van der Waals surface area contributed by atoms with Crippen molar-refractivity contribution in [3.05, 3.63) is 69.8 Å². The SMILES string of the molecule is Cc1ccc(-c2ccc(O)c3c2C[C@H]2C[C@H]4[C@H](N(C)C)C(O)=C(C(N)=O)C(=O)[C@@]4(O)C(O)=C2C3=O)nc1. The number of aliphatic hydroxyl groups is 3. The Labute approximate surface area is 212 Å². The monoisotopic (exact) mass is 505 g/mol. The number of fused-ring (bicyclic) bond motifs is 3. The molecule has 0 saturated carbocycles. The minimum absolute atomic E-state index is 0.0299. The molecule has 0 aliphatic heterocycles. The van der Waals surface area contributed by atoms with Gasteiger partial charge < -0.3 is 26.2 Å². The molecule has 6 N–H and O–H groups in total. The third-order valence-electron chi connectivity index (χ3n) is 7.79. The fraction of sp³-hybridized carbons (Fsp3) is 0.333. The zero-order chi connectivity index (χ0) is 27.0. The summed E-state index contributed by atoms with van der Waals surface area (Å²) in [7, 11) is 3.18. The van der Waals surface area contributed by atoms with E-state index in [1.54, 1.807) is 26.4 Å². The Morgan fingerprint density at radius 2 is 1.84 bits per heavy atom. The number of hydrogen-bond acceptors (Lipinski definition) is 9. The van der Waals surface area contributed by atoms with Gasteiger partial charge in [-0.25, -0.2) is 0 Å². The third-order valence-corrected chi connectivity index (χ3v) is 7.79. The quantitative estimate of drug-likeness (QED) is 0.387. The highest BCUT2D eigenvalue weighted by molar-refractivity contribution is 6.24. The highest BCUT2D eigenvalue weighted by Gasteiger charge is 2.63. The number of phenolic OH excluding ortho intramolecular Hbond substituents is 1. The van der Waals surface area contributed by atoms with Gasteiger partial charge in [0.1, 0.15) is 22.8 Å². The number of phenols is 1. The van der Waals surface area contributed by atoms with Crippen LogP contribution in [0.5, 0.6) is 5.75 Å².